The summed E-state index contributed by atoms with van der Waals surface area (Å²) in [4.78, 5) is 52.8. The maximum atomic E-state index is 13.8. The number of rotatable bonds is 4. The highest BCUT2D eigenvalue weighted by Crippen LogP contribution is 2.54. The largest absolute Gasteiger partial charge is 0.508 e. The molecule has 1 aromatic carbocycles. The normalized spacial score (nSPS) is 27.6. The fourth-order valence-corrected chi connectivity index (χ4v) is 5.85. The van der Waals surface area contributed by atoms with Crippen molar-refractivity contribution in [3.05, 3.63) is 44.2 Å². The highest BCUT2D eigenvalue weighted by atomic mass is 16.6. The summed E-state index contributed by atoms with van der Waals surface area (Å²) in [7, 11) is 6.31. The van der Waals surface area contributed by atoms with E-state index in [1.54, 1.807) is 19.0 Å². The van der Waals surface area contributed by atoms with Crippen LogP contribution in [0.3, 0.4) is 0 Å². The summed E-state index contributed by atoms with van der Waals surface area (Å²) >= 11 is 0. The van der Waals surface area contributed by atoms with E-state index in [1.807, 2.05) is 0 Å². The highest BCUT2D eigenvalue weighted by molar-refractivity contribution is 6.22. The van der Waals surface area contributed by atoms with Crippen LogP contribution >= 0.6 is 0 Å². The van der Waals surface area contributed by atoms with Gasteiger partial charge in [-0.1, -0.05) is 0 Å². The number of amides is 1. The molecule has 0 spiro atoms. The van der Waals surface area contributed by atoms with E-state index in [0.717, 1.165) is 0 Å². The van der Waals surface area contributed by atoms with Crippen molar-refractivity contribution in [3.63, 3.8) is 0 Å². The standard InChI is InChI=1S/C23H26N4O9/c1-25(2)11-7-12(27(35)36)17(28)14-9(11)5-8-6-10-16(26(3)4)19(30)15(22(24)33)21(32)23(10,34)20(31)13(8)18(14)29/h7-8,10,16,28-29,32,34H,5-6H2,1-4H3,(H2,24,33)/p+1. The number of fused-ring (bicyclic) bond motifs is 3. The smallest absolute Gasteiger partial charge is 0.348 e. The molecule has 4 atom stereocenters. The lowest BCUT2D eigenvalue weighted by Gasteiger charge is -2.50. The van der Waals surface area contributed by atoms with Crippen LogP contribution in [0, 0.1) is 22.0 Å². The molecular formula is C23H27N4O9+. The van der Waals surface area contributed by atoms with Crippen molar-refractivity contribution < 1.29 is 45.5 Å². The van der Waals surface area contributed by atoms with Gasteiger partial charge in [-0.2, -0.15) is 0 Å². The molecule has 192 valence electrons. The number of carbonyl (C=O) groups is 3. The third-order valence-corrected chi connectivity index (χ3v) is 7.39. The average molecular weight is 503 g/mol. The summed E-state index contributed by atoms with van der Waals surface area (Å²) < 4.78 is 0. The number of hydrogen-bond donors (Lipinski definition) is 5. The van der Waals surface area contributed by atoms with Gasteiger partial charge in [0.1, 0.15) is 5.76 Å². The van der Waals surface area contributed by atoms with Crippen LogP contribution < -0.4 is 10.6 Å². The van der Waals surface area contributed by atoms with E-state index in [2.05, 4.69) is 5.73 Å². The Bertz CT molecular complexity index is 1310. The zero-order valence-corrected chi connectivity index (χ0v) is 20.1. The number of nitro benzene ring substituents is 1. The minimum atomic E-state index is -2.73. The number of ketones is 2. The molecule has 0 saturated heterocycles. The Morgan fingerprint density at radius 3 is 2.31 bits per heavy atom. The predicted octanol–water partition coefficient (Wildman–Crippen LogP) is -0.779. The van der Waals surface area contributed by atoms with E-state index < -0.39 is 74.4 Å². The van der Waals surface area contributed by atoms with E-state index in [9.17, 15) is 44.9 Å². The second kappa shape index (κ2) is 8.11. The van der Waals surface area contributed by atoms with E-state index in [1.165, 1.54) is 25.1 Å². The number of Topliss-reactive ketones (excluding diaryl/α,β-unsaturated/α-hetero) is 2. The van der Waals surface area contributed by atoms with Gasteiger partial charge in [0, 0.05) is 37.3 Å². The fourth-order valence-electron chi connectivity index (χ4n) is 5.85. The molecular weight excluding hydrogens is 476 g/mol. The van der Waals surface area contributed by atoms with Gasteiger partial charge in [0.05, 0.1) is 16.5 Å². The first-order chi connectivity index (χ1) is 16.7. The van der Waals surface area contributed by atoms with Crippen LogP contribution in [0.25, 0.3) is 5.76 Å². The van der Waals surface area contributed by atoms with Crippen LogP contribution in [-0.4, -0.2) is 87.6 Å². The lowest BCUT2D eigenvalue weighted by molar-refractivity contribution is -0.385. The zero-order valence-electron chi connectivity index (χ0n) is 20.1. The number of hydrogen-bond acceptors (Lipinski definition) is 11. The molecule has 13 heteroatoms. The first kappa shape index (κ1) is 25.3. The third-order valence-electron chi connectivity index (χ3n) is 7.39. The number of aliphatic hydroxyl groups excluding tert-OH is 2. The third kappa shape index (κ3) is 3.16. The topological polar surface area (TPSA) is 209 Å². The Balaban J connectivity index is 2.03. The molecule has 0 radical (unpaired) electrons. The first-order valence-corrected chi connectivity index (χ1v) is 11.1. The molecule has 3 aliphatic rings. The number of aliphatic hydroxyl groups is 3. The summed E-state index contributed by atoms with van der Waals surface area (Å²) in [6.07, 6.45) is -0.00496. The summed E-state index contributed by atoms with van der Waals surface area (Å²) in [6.45, 7) is 0. The molecule has 3 aliphatic carbocycles. The number of phenols is 1. The summed E-state index contributed by atoms with van der Waals surface area (Å²) in [5.41, 5.74) is -1.04. The number of carbonyl (C=O) groups excluding carboxylic acids is 3. The number of aromatic hydroxyl groups is 1. The van der Waals surface area contributed by atoms with E-state index >= 15 is 0 Å². The number of anilines is 1. The van der Waals surface area contributed by atoms with Gasteiger partial charge < -0.3 is 25.3 Å². The van der Waals surface area contributed by atoms with Crippen molar-refractivity contribution in [1.82, 2.24) is 4.90 Å². The molecule has 1 amide bonds. The minimum Gasteiger partial charge on any atom is -0.508 e. The SMILES string of the molecule is CN(C)c1cc([N+](=O)[O-])c(O)c2c1CC1CC3C(N(C)C)C(=O)C(C([NH3+])=O)=C(O)C3(O)C(=O)C1=C2O. The van der Waals surface area contributed by atoms with Gasteiger partial charge in [0.25, 0.3) is 0 Å². The summed E-state index contributed by atoms with van der Waals surface area (Å²) in [6, 6.07) is 0.0141. The number of likely N-dealkylation sites (N-methyl/N-ethyl adjacent to an activating group) is 1. The van der Waals surface area contributed by atoms with Crippen molar-refractivity contribution in [2.45, 2.75) is 24.5 Å². The number of nitrogens with zero attached hydrogens (tertiary/aromatic N) is 3. The molecule has 1 fully saturated rings. The molecule has 1 aromatic rings. The summed E-state index contributed by atoms with van der Waals surface area (Å²) in [5.74, 6) is -7.69. The van der Waals surface area contributed by atoms with Crippen molar-refractivity contribution in [2.75, 3.05) is 33.1 Å². The van der Waals surface area contributed by atoms with Gasteiger partial charge in [0.15, 0.2) is 22.7 Å². The fraction of sp³-hybridized carbons (Fsp3) is 0.435. The minimum absolute atomic E-state index is 0.0477. The van der Waals surface area contributed by atoms with Gasteiger partial charge in [-0.15, -0.1) is 0 Å². The summed E-state index contributed by atoms with van der Waals surface area (Å²) in [5, 5.41) is 55.9. The van der Waals surface area contributed by atoms with Crippen LogP contribution in [0.15, 0.2) is 23.0 Å². The average Bonchev–Trinajstić information content (AvgIpc) is 2.75. The maximum Gasteiger partial charge on any atom is 0.348 e. The number of benzene rings is 1. The van der Waals surface area contributed by atoms with Gasteiger partial charge in [-0.3, -0.25) is 30.3 Å². The van der Waals surface area contributed by atoms with Crippen LogP contribution in [0.5, 0.6) is 5.75 Å². The maximum absolute atomic E-state index is 13.8. The molecule has 36 heavy (non-hydrogen) atoms. The van der Waals surface area contributed by atoms with Gasteiger partial charge in [0.2, 0.25) is 11.5 Å². The lowest BCUT2D eigenvalue weighted by atomic mass is 9.57. The predicted molar refractivity (Wildman–Crippen MR) is 124 cm³/mol. The van der Waals surface area contributed by atoms with E-state index in [4.69, 9.17) is 0 Å². The number of nitro groups is 1. The second-order valence-corrected chi connectivity index (χ2v) is 9.79. The van der Waals surface area contributed by atoms with Crippen molar-refractivity contribution in [2.24, 2.45) is 11.8 Å². The molecule has 0 bridgehead atoms. The van der Waals surface area contributed by atoms with Crippen molar-refractivity contribution in [3.8, 4) is 5.75 Å². The van der Waals surface area contributed by atoms with Crippen LogP contribution in [-0.2, 0) is 20.8 Å². The number of phenolic OH excluding ortho intramolecular Hbond substituents is 1. The van der Waals surface area contributed by atoms with Gasteiger partial charge >= 0.3 is 11.6 Å². The highest BCUT2D eigenvalue weighted by Gasteiger charge is 2.64. The Kier molecular flexibility index (Phi) is 5.70. The molecule has 1 saturated carbocycles. The van der Waals surface area contributed by atoms with Crippen molar-refractivity contribution >= 4 is 34.6 Å². The Morgan fingerprint density at radius 2 is 1.81 bits per heavy atom. The monoisotopic (exact) mass is 503 g/mol. The Labute approximate surface area is 204 Å². The quantitative estimate of drug-likeness (QED) is 0.195. The second-order valence-electron chi connectivity index (χ2n) is 9.79. The van der Waals surface area contributed by atoms with Gasteiger partial charge in [-0.05, 0) is 38.4 Å². The Hall–Kier alpha value is -3.81. The molecule has 0 aromatic heterocycles. The lowest BCUT2D eigenvalue weighted by Crippen LogP contribution is -2.68. The molecule has 0 heterocycles. The molecule has 4 unspecified atom stereocenters. The molecule has 7 N–H and O–H groups in total. The molecule has 0 aliphatic heterocycles. The molecule has 4 rings (SSSR count). The van der Waals surface area contributed by atoms with Crippen LogP contribution in [0.4, 0.5) is 11.4 Å². The van der Waals surface area contributed by atoms with E-state index in [0.29, 0.717) is 11.3 Å². The first-order valence-electron chi connectivity index (χ1n) is 11.1. The van der Waals surface area contributed by atoms with Crippen LogP contribution in [0.2, 0.25) is 0 Å². The van der Waals surface area contributed by atoms with Crippen molar-refractivity contribution in [1.29, 1.82) is 0 Å². The van der Waals surface area contributed by atoms with E-state index in [-0.39, 0.29) is 24.0 Å². The van der Waals surface area contributed by atoms with Gasteiger partial charge in [-0.25, -0.2) is 4.79 Å². The van der Waals surface area contributed by atoms with Crippen LogP contribution in [0.1, 0.15) is 17.5 Å². The zero-order chi connectivity index (χ0) is 27.0. The number of quaternary nitrogens is 1. The molecule has 13 nitrogen and oxygen atoms in total. The Morgan fingerprint density at radius 1 is 1.19 bits per heavy atom.